The summed E-state index contributed by atoms with van der Waals surface area (Å²) in [7, 11) is 0. The van der Waals surface area contributed by atoms with Gasteiger partial charge in [-0.15, -0.1) is 0 Å². The number of hydrogen-bond acceptors (Lipinski definition) is 4. The monoisotopic (exact) mass is 491 g/mol. The van der Waals surface area contributed by atoms with Crippen LogP contribution in [0.15, 0.2) is 67.0 Å². The van der Waals surface area contributed by atoms with Gasteiger partial charge in [0.15, 0.2) is 5.60 Å². The molecule has 0 aliphatic rings. The lowest BCUT2D eigenvalue weighted by molar-refractivity contribution is -0.138. The van der Waals surface area contributed by atoms with E-state index < -0.39 is 23.2 Å². The molecule has 5 nitrogen and oxygen atoms in total. The normalized spacial score (nSPS) is 13.7. The number of amides is 1. The van der Waals surface area contributed by atoms with Gasteiger partial charge in [0.1, 0.15) is 0 Å². The van der Waals surface area contributed by atoms with E-state index in [1.165, 1.54) is 13.8 Å². The smallest absolute Gasteiger partial charge is 0.417 e. The average molecular weight is 492 g/mol. The molecule has 34 heavy (non-hydrogen) atoms. The first kappa shape index (κ1) is 25.5. The molecule has 0 spiro atoms. The zero-order valence-corrected chi connectivity index (χ0v) is 19.7. The molecule has 0 aliphatic carbocycles. The Morgan fingerprint density at radius 3 is 2.29 bits per heavy atom. The fourth-order valence-corrected chi connectivity index (χ4v) is 3.55. The van der Waals surface area contributed by atoms with E-state index in [9.17, 15) is 18.0 Å². The first-order valence-electron chi connectivity index (χ1n) is 10.6. The molecule has 180 valence electrons. The topological polar surface area (TPSA) is 64.1 Å². The molecule has 9 heteroatoms. The van der Waals surface area contributed by atoms with Crippen LogP contribution in [0.3, 0.4) is 0 Å². The van der Waals surface area contributed by atoms with Crippen LogP contribution in [-0.2, 0) is 17.4 Å². The molecule has 0 fully saturated rings. The molecule has 2 aromatic heterocycles. The van der Waals surface area contributed by atoms with Crippen molar-refractivity contribution in [3.05, 3.63) is 88.8 Å². The van der Waals surface area contributed by atoms with Gasteiger partial charge >= 0.3 is 6.18 Å². The van der Waals surface area contributed by atoms with Crippen molar-refractivity contribution in [3.8, 4) is 5.88 Å². The molecule has 2 atom stereocenters. The van der Waals surface area contributed by atoms with E-state index in [-0.39, 0.29) is 17.8 Å². The van der Waals surface area contributed by atoms with Crippen molar-refractivity contribution in [1.29, 1.82) is 0 Å². The summed E-state index contributed by atoms with van der Waals surface area (Å²) >= 11 is 5.95. The van der Waals surface area contributed by atoms with Crippen LogP contribution in [0.1, 0.15) is 43.5 Å². The quantitative estimate of drug-likeness (QED) is 0.430. The van der Waals surface area contributed by atoms with Crippen molar-refractivity contribution in [2.24, 2.45) is 0 Å². The SMILES string of the molecule is CC(NC(=O)C(C)(C)Oc1ccc(C(F)(F)F)cn1)C(Cc1ccc(Cl)cn1)c1ccccc1. The van der Waals surface area contributed by atoms with Gasteiger partial charge in [-0.2, -0.15) is 13.2 Å². The second kappa shape index (κ2) is 10.4. The van der Waals surface area contributed by atoms with E-state index in [0.29, 0.717) is 17.6 Å². The minimum atomic E-state index is -4.50. The van der Waals surface area contributed by atoms with Gasteiger partial charge < -0.3 is 10.1 Å². The Balaban J connectivity index is 1.73. The van der Waals surface area contributed by atoms with Gasteiger partial charge in [-0.1, -0.05) is 41.9 Å². The van der Waals surface area contributed by atoms with Crippen LogP contribution in [-0.4, -0.2) is 27.5 Å². The summed E-state index contributed by atoms with van der Waals surface area (Å²) in [6, 6.07) is 15.0. The maximum Gasteiger partial charge on any atom is 0.417 e. The summed E-state index contributed by atoms with van der Waals surface area (Å²) in [6.45, 7) is 4.96. The van der Waals surface area contributed by atoms with Gasteiger partial charge in [0.25, 0.3) is 5.91 Å². The molecule has 0 aliphatic heterocycles. The van der Waals surface area contributed by atoms with E-state index in [0.717, 1.165) is 23.4 Å². The molecular formula is C25H25ClF3N3O2. The number of benzene rings is 1. The predicted octanol–water partition coefficient (Wildman–Crippen LogP) is 5.84. The first-order valence-corrected chi connectivity index (χ1v) is 11.0. The van der Waals surface area contributed by atoms with Crippen molar-refractivity contribution >= 4 is 17.5 Å². The first-order chi connectivity index (χ1) is 16.0. The minimum absolute atomic E-state index is 0.0780. The van der Waals surface area contributed by atoms with E-state index >= 15 is 0 Å². The standard InChI is InChI=1S/C25H25ClF3N3O2/c1-16(21(17-7-5-4-6-8-17)13-20-11-10-19(26)15-30-20)32-23(33)24(2,3)34-22-12-9-18(14-31-22)25(27,28)29/h4-12,14-16,21H,13H2,1-3H3,(H,32,33). The molecule has 1 aromatic carbocycles. The average Bonchev–Trinajstić information content (AvgIpc) is 2.78. The van der Waals surface area contributed by atoms with Gasteiger partial charge in [-0.05, 0) is 51.0 Å². The van der Waals surface area contributed by atoms with Crippen molar-refractivity contribution in [3.63, 3.8) is 0 Å². The number of carbonyl (C=O) groups is 1. The number of alkyl halides is 3. The van der Waals surface area contributed by atoms with Crippen LogP contribution in [0.2, 0.25) is 5.02 Å². The Hall–Kier alpha value is -3.13. The Morgan fingerprint density at radius 1 is 1.03 bits per heavy atom. The lowest BCUT2D eigenvalue weighted by Gasteiger charge is -2.30. The van der Waals surface area contributed by atoms with Gasteiger partial charge in [-0.3, -0.25) is 9.78 Å². The number of nitrogens with one attached hydrogen (secondary N) is 1. The largest absolute Gasteiger partial charge is 0.462 e. The third kappa shape index (κ3) is 6.70. The zero-order valence-electron chi connectivity index (χ0n) is 18.9. The van der Waals surface area contributed by atoms with Crippen LogP contribution in [0, 0.1) is 0 Å². The fraction of sp³-hybridized carbons (Fsp3) is 0.320. The molecule has 0 saturated heterocycles. The lowest BCUT2D eigenvalue weighted by atomic mass is 9.87. The Kier molecular flexibility index (Phi) is 7.82. The van der Waals surface area contributed by atoms with Crippen molar-refractivity contribution in [1.82, 2.24) is 15.3 Å². The molecule has 0 saturated carbocycles. The lowest BCUT2D eigenvalue weighted by Crippen LogP contribution is -2.51. The number of aromatic nitrogens is 2. The number of halogens is 4. The molecule has 0 radical (unpaired) electrons. The number of ether oxygens (including phenoxy) is 1. The number of nitrogens with zero attached hydrogens (tertiary/aromatic N) is 2. The van der Waals surface area contributed by atoms with E-state index in [2.05, 4.69) is 15.3 Å². The van der Waals surface area contributed by atoms with Gasteiger partial charge in [0, 0.05) is 36.1 Å². The molecule has 2 unspecified atom stereocenters. The van der Waals surface area contributed by atoms with Crippen LogP contribution < -0.4 is 10.1 Å². The molecule has 3 rings (SSSR count). The highest BCUT2D eigenvalue weighted by atomic mass is 35.5. The van der Waals surface area contributed by atoms with Crippen molar-refractivity contribution in [2.75, 3.05) is 0 Å². The summed E-state index contributed by atoms with van der Waals surface area (Å²) in [5, 5.41) is 3.52. The molecule has 3 aromatic rings. The summed E-state index contributed by atoms with van der Waals surface area (Å²) < 4.78 is 43.9. The summed E-state index contributed by atoms with van der Waals surface area (Å²) in [4.78, 5) is 21.1. The van der Waals surface area contributed by atoms with Crippen molar-refractivity contribution in [2.45, 2.75) is 50.9 Å². The van der Waals surface area contributed by atoms with Crippen molar-refractivity contribution < 1.29 is 22.7 Å². The zero-order chi connectivity index (χ0) is 24.9. The number of hydrogen-bond donors (Lipinski definition) is 1. The Bertz CT molecular complexity index is 1090. The van der Waals surface area contributed by atoms with Crippen LogP contribution in [0.4, 0.5) is 13.2 Å². The number of rotatable bonds is 8. The Morgan fingerprint density at radius 2 is 1.74 bits per heavy atom. The van der Waals surface area contributed by atoms with Crippen LogP contribution >= 0.6 is 11.6 Å². The molecule has 2 heterocycles. The number of carbonyl (C=O) groups excluding carboxylic acids is 1. The Labute approximate surface area is 201 Å². The second-order valence-corrected chi connectivity index (χ2v) is 8.88. The van der Waals surface area contributed by atoms with Crippen LogP contribution in [0.5, 0.6) is 5.88 Å². The molecule has 1 N–H and O–H groups in total. The highest BCUT2D eigenvalue weighted by Crippen LogP contribution is 2.30. The van der Waals surface area contributed by atoms with E-state index in [1.54, 1.807) is 12.3 Å². The van der Waals surface area contributed by atoms with E-state index in [4.69, 9.17) is 16.3 Å². The predicted molar refractivity (Wildman–Crippen MR) is 124 cm³/mol. The van der Waals surface area contributed by atoms with E-state index in [1.807, 2.05) is 43.3 Å². The van der Waals surface area contributed by atoms with Crippen LogP contribution in [0.25, 0.3) is 0 Å². The molecule has 0 bridgehead atoms. The fourth-order valence-electron chi connectivity index (χ4n) is 3.43. The summed E-state index contributed by atoms with van der Waals surface area (Å²) in [5.74, 6) is -0.601. The highest BCUT2D eigenvalue weighted by Gasteiger charge is 2.34. The minimum Gasteiger partial charge on any atom is -0.462 e. The summed E-state index contributed by atoms with van der Waals surface area (Å²) in [6.07, 6.45) is -1.68. The van der Waals surface area contributed by atoms with Gasteiger partial charge in [0.2, 0.25) is 5.88 Å². The molecule has 1 amide bonds. The van der Waals surface area contributed by atoms with Gasteiger partial charge in [0.05, 0.1) is 10.6 Å². The highest BCUT2D eigenvalue weighted by molar-refractivity contribution is 6.30. The third-order valence-electron chi connectivity index (χ3n) is 5.38. The maximum absolute atomic E-state index is 13.1. The number of pyridine rings is 2. The molecular weight excluding hydrogens is 467 g/mol. The van der Waals surface area contributed by atoms with Gasteiger partial charge in [-0.25, -0.2) is 4.98 Å². The third-order valence-corrected chi connectivity index (χ3v) is 5.60. The maximum atomic E-state index is 13.1. The second-order valence-electron chi connectivity index (χ2n) is 8.45. The summed E-state index contributed by atoms with van der Waals surface area (Å²) in [5.41, 5.74) is -0.419.